The number of carbonyl (C=O) groups excluding carboxylic acids is 2. The van der Waals surface area contributed by atoms with E-state index in [1.807, 2.05) is 12.2 Å². The number of Topliss-reactive ketones (excluding diaryl/α,β-unsaturated/α-hetero) is 2. The van der Waals surface area contributed by atoms with Gasteiger partial charge in [0.15, 0.2) is 0 Å². The molecule has 0 heterocycles. The van der Waals surface area contributed by atoms with Crippen LogP contribution in [0.4, 0.5) is 0 Å². The molecule has 0 saturated heterocycles. The molecule has 52 heavy (non-hydrogen) atoms. The van der Waals surface area contributed by atoms with Crippen LogP contribution in [-0.4, -0.2) is 63.7 Å². The molecule has 8 nitrogen and oxygen atoms in total. The Morgan fingerprint density at radius 3 is 1.85 bits per heavy atom. The minimum absolute atomic E-state index is 0.0203. The molecule has 0 aliphatic heterocycles. The first-order valence-electron chi connectivity index (χ1n) is 19.1. The molecule has 0 unspecified atom stereocenters. The van der Waals surface area contributed by atoms with Gasteiger partial charge >= 0.3 is 11.4 Å². The summed E-state index contributed by atoms with van der Waals surface area (Å²) in [7, 11) is 0. The van der Waals surface area contributed by atoms with Crippen LogP contribution >= 0.6 is 0 Å². The van der Waals surface area contributed by atoms with E-state index < -0.39 is 5.41 Å². The Labute approximate surface area is 309 Å². The zero-order valence-electron chi connectivity index (χ0n) is 31.4. The van der Waals surface area contributed by atoms with E-state index >= 15 is 0 Å². The van der Waals surface area contributed by atoms with Gasteiger partial charge in [0.1, 0.15) is 12.4 Å². The second kappa shape index (κ2) is 17.7. The molecular weight excluding hydrogens is 647 g/mol. The maximum absolute atomic E-state index is 12.5. The molecule has 0 bridgehead atoms. The van der Waals surface area contributed by atoms with Gasteiger partial charge in [-0.15, -0.1) is 0 Å². The maximum Gasteiger partial charge on any atom is 0.362 e. The predicted molar refractivity (Wildman–Crippen MR) is 206 cm³/mol. The Balaban J connectivity index is 0.000000201. The van der Waals surface area contributed by atoms with Gasteiger partial charge in [0.25, 0.3) is 11.6 Å². The van der Waals surface area contributed by atoms with Crippen LogP contribution in [0.5, 0.6) is 5.75 Å². The van der Waals surface area contributed by atoms with E-state index in [4.69, 9.17) is 10.3 Å². The van der Waals surface area contributed by atoms with E-state index in [9.17, 15) is 15.1 Å². The van der Waals surface area contributed by atoms with Crippen molar-refractivity contribution in [2.24, 2.45) is 5.41 Å². The van der Waals surface area contributed by atoms with Gasteiger partial charge in [0.2, 0.25) is 0 Å². The van der Waals surface area contributed by atoms with Crippen LogP contribution in [-0.2, 0) is 15.0 Å². The lowest BCUT2D eigenvalue weighted by Gasteiger charge is -2.41. The highest BCUT2D eigenvalue weighted by Gasteiger charge is 2.44. The summed E-state index contributed by atoms with van der Waals surface area (Å²) in [6.07, 6.45) is 18.1. The van der Waals surface area contributed by atoms with Crippen LogP contribution in [0.3, 0.4) is 0 Å². The fourth-order valence-electron chi connectivity index (χ4n) is 8.61. The largest absolute Gasteiger partial charge is 0.492 e. The van der Waals surface area contributed by atoms with Crippen LogP contribution in [0, 0.1) is 5.41 Å². The van der Waals surface area contributed by atoms with Crippen molar-refractivity contribution >= 4 is 23.0 Å². The van der Waals surface area contributed by atoms with Gasteiger partial charge in [0.05, 0.1) is 0 Å². The molecule has 6 rings (SSSR count). The van der Waals surface area contributed by atoms with Crippen molar-refractivity contribution in [1.29, 1.82) is 0 Å². The number of nitrogens with zero attached hydrogens (tertiary/aromatic N) is 5. The van der Waals surface area contributed by atoms with Gasteiger partial charge < -0.3 is 20.7 Å². The average molecular weight is 700 g/mol. The summed E-state index contributed by atoms with van der Waals surface area (Å²) in [6.45, 7) is 11.8. The van der Waals surface area contributed by atoms with Gasteiger partial charge in [-0.1, -0.05) is 101 Å². The Morgan fingerprint density at radius 1 is 0.692 bits per heavy atom. The number of benzene rings is 2. The standard InChI is InChI=1S/C24H33NO.C20H20N4O2/c1-3-25(4-2)19-20-26-23-15-13-22(14-16-23)24(17-9-6-10-18-24)21-11-7-5-8-12-21;1-12-10-14(11-17(24-22)18(12)25)20(8-4-3-5-9-20)15-6-7-16(23-21)19(26)13(15)2/h5,7-8,11-16H,3-4,6,9-10,17-20H2,1-2H3;6-7,10-11H,3-5,8-9H2,1-2H3. The Morgan fingerprint density at radius 2 is 1.27 bits per heavy atom. The summed E-state index contributed by atoms with van der Waals surface area (Å²) in [5.41, 5.74) is 23.8. The monoisotopic (exact) mass is 699 g/mol. The second-order valence-corrected chi connectivity index (χ2v) is 14.5. The lowest BCUT2D eigenvalue weighted by molar-refractivity contribution is -0.114. The number of hydrogen-bond acceptors (Lipinski definition) is 4. The molecule has 0 radical (unpaired) electrons. The molecule has 0 amide bonds. The molecule has 0 N–H and O–H groups in total. The molecular formula is C44H53N5O3. The topological polar surface area (TPSA) is 119 Å². The summed E-state index contributed by atoms with van der Waals surface area (Å²) in [4.78, 5) is 33.3. The minimum atomic E-state index is -0.423. The van der Waals surface area contributed by atoms with E-state index in [2.05, 4.69) is 82.9 Å². The Bertz CT molecular complexity index is 1840. The molecule has 2 aromatic carbocycles. The second-order valence-electron chi connectivity index (χ2n) is 14.5. The molecule has 2 aromatic rings. The summed E-state index contributed by atoms with van der Waals surface area (Å²) < 4.78 is 5.98. The number of carbonyl (C=O) groups is 2. The molecule has 2 saturated carbocycles. The van der Waals surface area contributed by atoms with E-state index in [1.165, 1.54) is 49.3 Å². The van der Waals surface area contributed by atoms with Gasteiger partial charge in [-0.05, 0) is 93.1 Å². The summed E-state index contributed by atoms with van der Waals surface area (Å²) in [5, 5.41) is 0. The smallest absolute Gasteiger partial charge is 0.362 e. The van der Waals surface area contributed by atoms with Crippen molar-refractivity contribution in [1.82, 2.24) is 4.90 Å². The average Bonchev–Trinajstić information content (AvgIpc) is 3.20. The normalized spacial score (nSPS) is 19.6. The molecule has 2 fully saturated rings. The number of likely N-dealkylation sites (N-methyl/N-ethyl adjacent to an activating group) is 1. The highest BCUT2D eigenvalue weighted by Crippen LogP contribution is 2.52. The van der Waals surface area contributed by atoms with E-state index in [0.717, 1.165) is 75.2 Å². The van der Waals surface area contributed by atoms with Crippen LogP contribution in [0.25, 0.3) is 11.1 Å². The third-order valence-corrected chi connectivity index (χ3v) is 11.6. The minimum Gasteiger partial charge on any atom is -0.492 e. The number of rotatable bonds is 10. The zero-order chi connectivity index (χ0) is 37.1. The fourth-order valence-corrected chi connectivity index (χ4v) is 8.61. The first kappa shape index (κ1) is 38.5. The molecule has 0 spiro atoms. The lowest BCUT2D eigenvalue weighted by atomic mass is 9.61. The van der Waals surface area contributed by atoms with Gasteiger partial charge in [-0.2, -0.15) is 9.58 Å². The van der Waals surface area contributed by atoms with Gasteiger partial charge in [-0.3, -0.25) is 9.59 Å². The molecule has 4 aliphatic carbocycles. The van der Waals surface area contributed by atoms with Gasteiger partial charge in [-0.25, -0.2) is 0 Å². The van der Waals surface area contributed by atoms with Crippen molar-refractivity contribution in [3.05, 3.63) is 123 Å². The number of hydrogen-bond donors (Lipinski definition) is 0. The number of ketones is 2. The van der Waals surface area contributed by atoms with E-state index in [1.54, 1.807) is 19.9 Å². The fraction of sp³-hybridized carbons (Fsp3) is 0.455. The van der Waals surface area contributed by atoms with Crippen molar-refractivity contribution in [2.45, 2.75) is 97.3 Å². The van der Waals surface area contributed by atoms with Gasteiger partial charge in [0, 0.05) is 40.7 Å². The van der Waals surface area contributed by atoms with Crippen LogP contribution in [0.2, 0.25) is 0 Å². The summed E-state index contributed by atoms with van der Waals surface area (Å²) in [5.74, 6) is 0.400. The zero-order valence-corrected chi connectivity index (χ0v) is 31.4. The van der Waals surface area contributed by atoms with Crippen molar-refractivity contribution < 1.29 is 23.9 Å². The SMILES string of the molecule is CC1=CC(C2(C3=C(C)C(=O)C(=[N+]=[N-])C=C3)CCCCC2)=CC(=[N+]=[N-])C1=O.CCN(CC)CCOc1ccc(C2(c3ccccc3)CCCCC2)cc1. The van der Waals surface area contributed by atoms with E-state index in [-0.39, 0.29) is 28.4 Å². The van der Waals surface area contributed by atoms with E-state index in [0.29, 0.717) is 11.1 Å². The quantitative estimate of drug-likeness (QED) is 0.140. The molecule has 0 aromatic heterocycles. The number of ether oxygens (including phenoxy) is 1. The van der Waals surface area contributed by atoms with Crippen molar-refractivity contribution in [3.63, 3.8) is 0 Å². The third kappa shape index (κ3) is 8.16. The molecule has 0 atom stereocenters. The first-order valence-corrected chi connectivity index (χ1v) is 19.1. The molecule has 272 valence electrons. The first-order chi connectivity index (χ1) is 25.2. The maximum atomic E-state index is 12.5. The summed E-state index contributed by atoms with van der Waals surface area (Å²) >= 11 is 0. The summed E-state index contributed by atoms with van der Waals surface area (Å²) in [6, 6.07) is 20.0. The Hall–Kier alpha value is -4.74. The van der Waals surface area contributed by atoms with Crippen LogP contribution in [0.1, 0.15) is 103 Å². The third-order valence-electron chi connectivity index (χ3n) is 11.6. The molecule has 8 heteroatoms. The van der Waals surface area contributed by atoms with Crippen molar-refractivity contribution in [2.75, 3.05) is 26.2 Å². The predicted octanol–water partition coefficient (Wildman–Crippen LogP) is 8.85. The van der Waals surface area contributed by atoms with Crippen molar-refractivity contribution in [3.8, 4) is 5.75 Å². The van der Waals surface area contributed by atoms with Crippen LogP contribution < -0.4 is 4.74 Å². The number of allylic oxidation sites excluding steroid dienone is 8. The van der Waals surface area contributed by atoms with Crippen LogP contribution in [0.15, 0.2) is 101 Å². The highest BCUT2D eigenvalue weighted by molar-refractivity contribution is 6.49. The molecule has 4 aliphatic rings. The highest BCUT2D eigenvalue weighted by atomic mass is 16.5. The lowest BCUT2D eigenvalue weighted by Crippen LogP contribution is -2.34. The Kier molecular flexibility index (Phi) is 13.1.